The summed E-state index contributed by atoms with van der Waals surface area (Å²) in [6.07, 6.45) is 3.34. The minimum atomic E-state index is -0.594. The SMILES string of the molecule is Cc1cc(-c2ccc(CN3Cc4ccnc(Oc5cc(CO)ccc5F)c4C3=O)cc2)ccn1. The van der Waals surface area contributed by atoms with Gasteiger partial charge in [0, 0.05) is 31.2 Å². The molecule has 6 nitrogen and oxygen atoms in total. The molecule has 0 bridgehead atoms. The summed E-state index contributed by atoms with van der Waals surface area (Å²) >= 11 is 0. The molecule has 34 heavy (non-hydrogen) atoms. The first-order chi connectivity index (χ1) is 16.5. The van der Waals surface area contributed by atoms with Gasteiger partial charge in [0.05, 0.1) is 6.61 Å². The molecule has 7 heteroatoms. The summed E-state index contributed by atoms with van der Waals surface area (Å²) in [4.78, 5) is 23.3. The number of hydrogen-bond acceptors (Lipinski definition) is 5. The molecule has 0 unspecified atom stereocenters. The highest BCUT2D eigenvalue weighted by Gasteiger charge is 2.32. The number of aliphatic hydroxyl groups is 1. The van der Waals surface area contributed by atoms with Crippen LogP contribution in [0.1, 0.15) is 32.7 Å². The molecule has 5 rings (SSSR count). The quantitative estimate of drug-likeness (QED) is 0.441. The minimum Gasteiger partial charge on any atom is -0.435 e. The summed E-state index contributed by atoms with van der Waals surface area (Å²) in [7, 11) is 0. The van der Waals surface area contributed by atoms with E-state index in [0.717, 1.165) is 27.9 Å². The Labute approximate surface area is 196 Å². The minimum absolute atomic E-state index is 0.0578. The maximum absolute atomic E-state index is 14.2. The molecule has 0 spiro atoms. The molecule has 0 aliphatic carbocycles. The molecular formula is C27H22FN3O3. The Hall–Kier alpha value is -4.10. The summed E-state index contributed by atoms with van der Waals surface area (Å²) in [5.41, 5.74) is 5.73. The van der Waals surface area contributed by atoms with Crippen LogP contribution in [0.2, 0.25) is 0 Å². The lowest BCUT2D eigenvalue weighted by Gasteiger charge is -2.16. The number of aromatic nitrogens is 2. The lowest BCUT2D eigenvalue weighted by atomic mass is 10.0. The largest absolute Gasteiger partial charge is 0.435 e. The number of halogens is 1. The molecule has 4 aromatic rings. The van der Waals surface area contributed by atoms with Crippen molar-refractivity contribution >= 4 is 5.91 Å². The third-order valence-corrected chi connectivity index (χ3v) is 5.81. The second kappa shape index (κ2) is 9.03. The van der Waals surface area contributed by atoms with E-state index in [9.17, 15) is 14.3 Å². The predicted octanol–water partition coefficient (Wildman–Crippen LogP) is 5.03. The Morgan fingerprint density at radius 1 is 0.971 bits per heavy atom. The summed E-state index contributed by atoms with van der Waals surface area (Å²) < 4.78 is 19.9. The number of rotatable bonds is 6. The van der Waals surface area contributed by atoms with Gasteiger partial charge < -0.3 is 14.7 Å². The van der Waals surface area contributed by atoms with Gasteiger partial charge in [0.15, 0.2) is 11.6 Å². The first-order valence-electron chi connectivity index (χ1n) is 10.9. The number of fused-ring (bicyclic) bond motifs is 1. The van der Waals surface area contributed by atoms with Crippen molar-refractivity contribution in [1.29, 1.82) is 0 Å². The van der Waals surface area contributed by atoms with Crippen LogP contribution in [0.15, 0.2) is 73.1 Å². The van der Waals surface area contributed by atoms with Crippen molar-refractivity contribution in [2.75, 3.05) is 0 Å². The van der Waals surface area contributed by atoms with E-state index in [1.54, 1.807) is 23.4 Å². The zero-order chi connectivity index (χ0) is 23.7. The van der Waals surface area contributed by atoms with Crippen LogP contribution in [-0.4, -0.2) is 25.9 Å². The molecule has 0 saturated carbocycles. The second-order valence-corrected chi connectivity index (χ2v) is 8.22. The van der Waals surface area contributed by atoms with E-state index in [2.05, 4.69) is 9.97 Å². The van der Waals surface area contributed by atoms with Gasteiger partial charge in [-0.3, -0.25) is 9.78 Å². The Balaban J connectivity index is 1.35. The average Bonchev–Trinajstić information content (AvgIpc) is 3.17. The number of carbonyl (C=O) groups is 1. The lowest BCUT2D eigenvalue weighted by Crippen LogP contribution is -2.23. The Morgan fingerprint density at radius 2 is 1.74 bits per heavy atom. The molecule has 0 atom stereocenters. The first kappa shape index (κ1) is 21.7. The normalized spacial score (nSPS) is 12.7. The van der Waals surface area contributed by atoms with Crippen LogP contribution in [0.3, 0.4) is 0 Å². The fourth-order valence-corrected chi connectivity index (χ4v) is 4.06. The molecule has 1 aliphatic heterocycles. The van der Waals surface area contributed by atoms with Crippen molar-refractivity contribution in [2.45, 2.75) is 26.6 Å². The van der Waals surface area contributed by atoms with E-state index in [-0.39, 0.29) is 24.1 Å². The van der Waals surface area contributed by atoms with Gasteiger partial charge in [0.2, 0.25) is 5.88 Å². The highest BCUT2D eigenvalue weighted by atomic mass is 19.1. The van der Waals surface area contributed by atoms with Gasteiger partial charge >= 0.3 is 0 Å². The zero-order valence-corrected chi connectivity index (χ0v) is 18.5. The number of amides is 1. The van der Waals surface area contributed by atoms with Crippen molar-refractivity contribution < 1.29 is 19.0 Å². The predicted molar refractivity (Wildman–Crippen MR) is 125 cm³/mol. The molecule has 1 aliphatic rings. The van der Waals surface area contributed by atoms with E-state index in [1.807, 2.05) is 43.3 Å². The fourth-order valence-electron chi connectivity index (χ4n) is 4.06. The molecule has 0 fully saturated rings. The average molecular weight is 455 g/mol. The van der Waals surface area contributed by atoms with Crippen LogP contribution in [0.4, 0.5) is 4.39 Å². The van der Waals surface area contributed by atoms with Gasteiger partial charge in [-0.05, 0) is 65.1 Å². The standard InChI is InChI=1S/C27H22FN3O3/c1-17-12-21(8-10-29-17)20-5-2-18(3-6-20)14-31-15-22-9-11-30-26(25(22)27(31)33)34-24-13-19(16-32)4-7-23(24)28/h2-13,32H,14-16H2,1H3. The van der Waals surface area contributed by atoms with Gasteiger partial charge in [-0.2, -0.15) is 0 Å². The summed E-state index contributed by atoms with van der Waals surface area (Å²) in [5, 5.41) is 9.33. The van der Waals surface area contributed by atoms with E-state index in [0.29, 0.717) is 24.2 Å². The first-order valence-corrected chi connectivity index (χ1v) is 10.9. The highest BCUT2D eigenvalue weighted by Crippen LogP contribution is 2.34. The van der Waals surface area contributed by atoms with Crippen LogP contribution in [0.25, 0.3) is 11.1 Å². The van der Waals surface area contributed by atoms with Crippen molar-refractivity contribution in [3.8, 4) is 22.8 Å². The van der Waals surface area contributed by atoms with Crippen molar-refractivity contribution in [2.24, 2.45) is 0 Å². The van der Waals surface area contributed by atoms with Gasteiger partial charge in [-0.15, -0.1) is 0 Å². The van der Waals surface area contributed by atoms with Crippen LogP contribution in [0, 0.1) is 12.7 Å². The number of ether oxygens (including phenoxy) is 1. The Bertz CT molecular complexity index is 1370. The van der Waals surface area contributed by atoms with Crippen molar-refractivity contribution in [1.82, 2.24) is 14.9 Å². The molecule has 3 heterocycles. The zero-order valence-electron chi connectivity index (χ0n) is 18.5. The van der Waals surface area contributed by atoms with E-state index in [1.165, 1.54) is 18.2 Å². The molecule has 0 saturated heterocycles. The molecule has 170 valence electrons. The number of aryl methyl sites for hydroxylation is 1. The highest BCUT2D eigenvalue weighted by molar-refractivity contribution is 6.00. The maximum Gasteiger partial charge on any atom is 0.260 e. The molecular weight excluding hydrogens is 433 g/mol. The summed E-state index contributed by atoms with van der Waals surface area (Å²) in [6.45, 7) is 2.55. The third-order valence-electron chi connectivity index (χ3n) is 5.81. The number of carbonyl (C=O) groups excluding carboxylic acids is 1. The maximum atomic E-state index is 14.2. The molecule has 2 aromatic carbocycles. The van der Waals surface area contributed by atoms with Gasteiger partial charge in [-0.1, -0.05) is 30.3 Å². The van der Waals surface area contributed by atoms with E-state index < -0.39 is 5.82 Å². The second-order valence-electron chi connectivity index (χ2n) is 8.22. The summed E-state index contributed by atoms with van der Waals surface area (Å²) in [5.74, 6) is -0.836. The number of hydrogen-bond donors (Lipinski definition) is 1. The van der Waals surface area contributed by atoms with Gasteiger partial charge in [0.25, 0.3) is 5.91 Å². The van der Waals surface area contributed by atoms with E-state index >= 15 is 0 Å². The van der Waals surface area contributed by atoms with Crippen molar-refractivity contribution in [3.63, 3.8) is 0 Å². The van der Waals surface area contributed by atoms with Crippen LogP contribution in [0.5, 0.6) is 11.6 Å². The van der Waals surface area contributed by atoms with E-state index in [4.69, 9.17) is 4.74 Å². The van der Waals surface area contributed by atoms with Crippen LogP contribution < -0.4 is 4.74 Å². The number of pyridine rings is 2. The molecule has 1 amide bonds. The van der Waals surface area contributed by atoms with Crippen molar-refractivity contribution in [3.05, 3.63) is 107 Å². The molecule has 2 aromatic heterocycles. The van der Waals surface area contributed by atoms with Crippen LogP contribution in [-0.2, 0) is 19.7 Å². The monoisotopic (exact) mass is 455 g/mol. The number of benzene rings is 2. The third kappa shape index (κ3) is 4.25. The number of nitrogens with zero attached hydrogens (tertiary/aromatic N) is 3. The Kier molecular flexibility index (Phi) is 5.77. The molecule has 0 radical (unpaired) electrons. The van der Waals surface area contributed by atoms with Gasteiger partial charge in [-0.25, -0.2) is 9.37 Å². The molecule has 1 N–H and O–H groups in total. The van der Waals surface area contributed by atoms with Crippen LogP contribution >= 0.6 is 0 Å². The Morgan fingerprint density at radius 3 is 2.50 bits per heavy atom. The smallest absolute Gasteiger partial charge is 0.260 e. The lowest BCUT2D eigenvalue weighted by molar-refractivity contribution is 0.0764. The fraction of sp³-hybridized carbons (Fsp3) is 0.148. The summed E-state index contributed by atoms with van der Waals surface area (Å²) in [6, 6.07) is 17.9. The number of aliphatic hydroxyl groups excluding tert-OH is 1. The van der Waals surface area contributed by atoms with Gasteiger partial charge in [0.1, 0.15) is 5.56 Å². The topological polar surface area (TPSA) is 75.6 Å².